The van der Waals surface area contributed by atoms with Crippen LogP contribution < -0.4 is 16.8 Å². The smallest absolute Gasteiger partial charge is 0.291 e. The van der Waals surface area contributed by atoms with Crippen LogP contribution in [0.15, 0.2) is 85.3 Å². The van der Waals surface area contributed by atoms with Gasteiger partial charge in [-0.1, -0.05) is 13.8 Å². The number of aromatic amines is 3. The predicted octanol–water partition coefficient (Wildman–Crippen LogP) is 1.96. The molecule has 0 saturated carbocycles. The minimum absolute atomic E-state index is 0. The van der Waals surface area contributed by atoms with E-state index in [1.807, 2.05) is 66.7 Å². The summed E-state index contributed by atoms with van der Waals surface area (Å²) in [5.41, 5.74) is 5.56. The van der Waals surface area contributed by atoms with Gasteiger partial charge in [0.25, 0.3) is 0 Å². The largest absolute Gasteiger partial charge is 2.00 e. The van der Waals surface area contributed by atoms with E-state index in [4.69, 9.17) is 0 Å². The molecule has 5 rings (SSSR count). The second-order valence-corrected chi connectivity index (χ2v) is 6.62. The van der Waals surface area contributed by atoms with Gasteiger partial charge in [-0.2, -0.15) is 87.1 Å². The van der Waals surface area contributed by atoms with Crippen LogP contribution in [0.5, 0.6) is 0 Å². The Hall–Kier alpha value is -2.98. The number of rotatable bonds is 3. The Balaban J connectivity index is 0.000000190. The molecule has 0 unspecified atom stereocenters. The fourth-order valence-electron chi connectivity index (χ4n) is 2.73. The molecule has 0 fully saturated rings. The maximum atomic E-state index is 3.97. The summed E-state index contributed by atoms with van der Waals surface area (Å²) in [6.07, 6.45) is 5.19. The van der Waals surface area contributed by atoms with Crippen molar-refractivity contribution in [3.63, 3.8) is 0 Å². The molecular weight excluding hydrogens is 462 g/mol. The van der Waals surface area contributed by atoms with Crippen LogP contribution in [-0.4, -0.2) is 37.3 Å². The van der Waals surface area contributed by atoms with Crippen LogP contribution in [0.25, 0.3) is 0 Å². The molecule has 0 aliphatic heterocycles. The summed E-state index contributed by atoms with van der Waals surface area (Å²) in [5, 5.41) is 20.8. The molecule has 0 spiro atoms. The molecule has 152 valence electrons. The summed E-state index contributed by atoms with van der Waals surface area (Å²) in [6.45, 7) is 4.16. The first-order chi connectivity index (χ1) is 14.7. The van der Waals surface area contributed by atoms with Crippen LogP contribution >= 0.6 is 0 Å². The van der Waals surface area contributed by atoms with Gasteiger partial charge in [0.2, 0.25) is 0 Å². The zero-order valence-corrected chi connectivity index (χ0v) is 20.0. The Kier molecular flexibility index (Phi) is 10.5. The quantitative estimate of drug-likeness (QED) is 0.270. The summed E-state index contributed by atoms with van der Waals surface area (Å²) in [4.78, 5) is 0. The van der Waals surface area contributed by atoms with E-state index in [2.05, 4.69) is 56.6 Å². The molecule has 3 heterocycles. The van der Waals surface area contributed by atoms with E-state index in [1.54, 1.807) is 18.6 Å². The summed E-state index contributed by atoms with van der Waals surface area (Å²) < 4.78 is 0. The molecule has 0 amide bonds. The molecule has 5 aromatic rings. The molecule has 0 atom stereocenters. The Labute approximate surface area is 202 Å². The van der Waals surface area contributed by atoms with Gasteiger partial charge in [-0.25, -0.2) is 0 Å². The maximum absolute atomic E-state index is 3.97. The van der Waals surface area contributed by atoms with E-state index in [9.17, 15) is 0 Å². The third-order valence-electron chi connectivity index (χ3n) is 4.27. The maximum Gasteiger partial charge on any atom is 2.00 e. The Morgan fingerprint density at radius 1 is 0.581 bits per heavy atom. The van der Waals surface area contributed by atoms with Gasteiger partial charge in [0.05, 0.1) is 0 Å². The van der Waals surface area contributed by atoms with Gasteiger partial charge in [-0.15, -0.1) is 0 Å². The molecule has 3 N–H and O–H groups in total. The van der Waals surface area contributed by atoms with Crippen LogP contribution in [0.1, 0.15) is 11.1 Å². The van der Waals surface area contributed by atoms with Crippen molar-refractivity contribution in [1.29, 1.82) is 0 Å². The molecular formula is C23H23BN6Zr. The van der Waals surface area contributed by atoms with E-state index in [0.717, 1.165) is 16.8 Å². The van der Waals surface area contributed by atoms with Crippen LogP contribution in [0.2, 0.25) is 0 Å². The number of hydrogen-bond donors (Lipinski definition) is 3. The van der Waals surface area contributed by atoms with Crippen molar-refractivity contribution in [3.8, 4) is 0 Å². The SMILES string of the molecule is Cc1cc[c-]cc1.Cc1cc[c-]cc1.[Zr+2].c1cc(B(c2ccn[nH]2)c2ccn[nH]2)[nH]n1. The number of hydrogen-bond acceptors (Lipinski definition) is 3. The predicted molar refractivity (Wildman–Crippen MR) is 120 cm³/mol. The Morgan fingerprint density at radius 2 is 0.903 bits per heavy atom. The van der Waals surface area contributed by atoms with Crippen molar-refractivity contribution in [2.75, 3.05) is 0 Å². The first kappa shape index (κ1) is 24.3. The summed E-state index contributed by atoms with van der Waals surface area (Å²) >= 11 is 0. The van der Waals surface area contributed by atoms with E-state index >= 15 is 0 Å². The molecule has 0 bridgehead atoms. The van der Waals surface area contributed by atoms with Crippen LogP contribution in [-0.2, 0) is 26.2 Å². The van der Waals surface area contributed by atoms with Gasteiger partial charge in [-0.05, 0) is 18.2 Å². The number of aryl methyl sites for hydroxylation is 2. The van der Waals surface area contributed by atoms with Crippen LogP contribution in [0.4, 0.5) is 0 Å². The van der Waals surface area contributed by atoms with Crippen LogP contribution in [0.3, 0.4) is 0 Å². The van der Waals surface area contributed by atoms with Gasteiger partial charge in [0.1, 0.15) is 0 Å². The molecule has 0 saturated heterocycles. The standard InChI is InChI=1S/C9H9BN6.2C7H7.Zr/c1-4-11-14-7(1)10(8-2-5-12-15-8)9-3-6-13-16-9;2*1-7-5-3-2-4-6-7;/h1-6H,(H,11,14)(H,12,15)(H,13,16);2*3-6H,1H3;/q;2*-1;+2. The average molecular weight is 486 g/mol. The summed E-state index contributed by atoms with van der Waals surface area (Å²) in [6, 6.07) is 27.4. The van der Waals surface area contributed by atoms with Crippen molar-refractivity contribution >= 4 is 23.5 Å². The van der Waals surface area contributed by atoms with E-state index in [1.165, 1.54) is 11.1 Å². The van der Waals surface area contributed by atoms with E-state index in [-0.39, 0.29) is 32.9 Å². The van der Waals surface area contributed by atoms with Crippen molar-refractivity contribution in [2.24, 2.45) is 0 Å². The van der Waals surface area contributed by atoms with Gasteiger partial charge in [0, 0.05) is 35.4 Å². The molecule has 8 heteroatoms. The van der Waals surface area contributed by atoms with Crippen molar-refractivity contribution in [3.05, 3.63) is 109 Å². The van der Waals surface area contributed by atoms with Crippen molar-refractivity contribution < 1.29 is 26.2 Å². The third kappa shape index (κ3) is 7.99. The van der Waals surface area contributed by atoms with E-state index < -0.39 is 0 Å². The number of benzene rings is 2. The molecule has 0 aliphatic carbocycles. The van der Waals surface area contributed by atoms with E-state index in [0.29, 0.717) is 0 Å². The molecule has 3 aromatic heterocycles. The number of nitrogens with one attached hydrogen (secondary N) is 3. The molecule has 6 nitrogen and oxygen atoms in total. The Bertz CT molecular complexity index is 931. The fraction of sp³-hybridized carbons (Fsp3) is 0.0870. The number of nitrogens with zero attached hydrogens (tertiary/aromatic N) is 3. The van der Waals surface area contributed by atoms with Crippen LogP contribution in [0, 0.1) is 26.0 Å². The zero-order chi connectivity index (χ0) is 21.0. The molecule has 2 aromatic carbocycles. The summed E-state index contributed by atoms with van der Waals surface area (Å²) in [5.74, 6) is 0. The zero-order valence-electron chi connectivity index (χ0n) is 17.5. The topological polar surface area (TPSA) is 86.0 Å². The molecule has 31 heavy (non-hydrogen) atoms. The third-order valence-corrected chi connectivity index (χ3v) is 4.27. The number of aromatic nitrogens is 6. The molecule has 0 radical (unpaired) electrons. The second kappa shape index (κ2) is 13.3. The average Bonchev–Trinajstić information content (AvgIpc) is 3.56. The normalized spacial score (nSPS) is 9.35. The van der Waals surface area contributed by atoms with Crippen molar-refractivity contribution in [1.82, 2.24) is 30.6 Å². The summed E-state index contributed by atoms with van der Waals surface area (Å²) in [7, 11) is 0. The Morgan fingerprint density at radius 3 is 1.10 bits per heavy atom. The first-order valence-electron chi connectivity index (χ1n) is 9.57. The fourth-order valence-corrected chi connectivity index (χ4v) is 2.73. The van der Waals surface area contributed by atoms with Gasteiger partial charge < -0.3 is 0 Å². The minimum Gasteiger partial charge on any atom is -0.291 e. The van der Waals surface area contributed by atoms with Crippen molar-refractivity contribution in [2.45, 2.75) is 13.8 Å². The van der Waals surface area contributed by atoms with Gasteiger partial charge in [0.15, 0.2) is 0 Å². The van der Waals surface area contributed by atoms with Gasteiger partial charge in [-0.3, -0.25) is 15.3 Å². The monoisotopic (exact) mass is 484 g/mol. The van der Waals surface area contributed by atoms with Gasteiger partial charge >= 0.3 is 32.9 Å². The molecule has 0 aliphatic rings. The first-order valence-corrected chi connectivity index (χ1v) is 9.57. The second-order valence-electron chi connectivity index (χ2n) is 6.62. The number of H-pyrrole nitrogens is 3. The minimum atomic E-state index is 0.